The third-order valence-electron chi connectivity index (χ3n) is 3.42. The Kier molecular flexibility index (Phi) is 4.29. The Morgan fingerprint density at radius 1 is 1.30 bits per heavy atom. The highest BCUT2D eigenvalue weighted by molar-refractivity contribution is 9.10. The molecule has 9 heteroatoms. The molecular weight excluding hydrogens is 372 g/mol. The molecule has 23 heavy (non-hydrogen) atoms. The van der Waals surface area contributed by atoms with Gasteiger partial charge in [0, 0.05) is 18.4 Å². The number of fused-ring (bicyclic) bond motifs is 1. The number of nitrogens with two attached hydrogens (primary N) is 1. The van der Waals surface area contributed by atoms with Gasteiger partial charge >= 0.3 is 6.01 Å². The van der Waals surface area contributed by atoms with E-state index >= 15 is 0 Å². The summed E-state index contributed by atoms with van der Waals surface area (Å²) in [5.74, 6) is -0.518. The summed E-state index contributed by atoms with van der Waals surface area (Å²) in [4.78, 5) is 12.5. The maximum atomic E-state index is 14.0. The Morgan fingerprint density at radius 2 is 2.09 bits per heavy atom. The summed E-state index contributed by atoms with van der Waals surface area (Å²) in [5.41, 5.74) is 6.89. The molecule has 2 aromatic rings. The van der Waals surface area contributed by atoms with E-state index in [0.717, 1.165) is 0 Å². The predicted octanol–water partition coefficient (Wildman–Crippen LogP) is 3.44. The van der Waals surface area contributed by atoms with Gasteiger partial charge in [-0.15, -0.1) is 0 Å². The molecule has 2 N–H and O–H groups in total. The largest absolute Gasteiger partial charge is 0.464 e. The fraction of sp³-hybridized carbons (Fsp3) is 0.357. The summed E-state index contributed by atoms with van der Waals surface area (Å²) in [7, 11) is 0. The molecule has 1 aliphatic carbocycles. The molecule has 0 fully saturated rings. The highest BCUT2D eigenvalue weighted by atomic mass is 79.9. The Balaban J connectivity index is 2.08. The van der Waals surface area contributed by atoms with Crippen LogP contribution in [0.4, 0.5) is 14.6 Å². The highest BCUT2D eigenvalue weighted by Gasteiger charge is 2.19. The lowest BCUT2D eigenvalue weighted by molar-refractivity contribution is 0.314. The maximum absolute atomic E-state index is 14.0. The standard InChI is InChI=1S/C14H14BrF2N5O/c1-2-23-14-20-11(18)10-12(21-14)22(13(15)19-10)6-7-5-8(16)3-4-9(7)17/h5H,2-4,6H2,1H3,(H2,18,20,21). The molecule has 2 heterocycles. The van der Waals surface area contributed by atoms with Crippen LogP contribution >= 0.6 is 15.9 Å². The number of nitrogens with zero attached hydrogens (tertiary/aromatic N) is 4. The van der Waals surface area contributed by atoms with Crippen molar-refractivity contribution in [1.82, 2.24) is 19.5 Å². The fourth-order valence-corrected chi connectivity index (χ4v) is 2.81. The molecule has 0 radical (unpaired) electrons. The van der Waals surface area contributed by atoms with Crippen molar-refractivity contribution in [3.05, 3.63) is 28.0 Å². The van der Waals surface area contributed by atoms with Gasteiger partial charge in [-0.05, 0) is 28.9 Å². The maximum Gasteiger partial charge on any atom is 0.320 e. The minimum Gasteiger partial charge on any atom is -0.464 e. The average molecular weight is 386 g/mol. The van der Waals surface area contributed by atoms with Gasteiger partial charge in [0.05, 0.1) is 13.2 Å². The van der Waals surface area contributed by atoms with Crippen molar-refractivity contribution in [3.63, 3.8) is 0 Å². The van der Waals surface area contributed by atoms with E-state index in [9.17, 15) is 8.78 Å². The van der Waals surface area contributed by atoms with Gasteiger partial charge in [-0.1, -0.05) is 0 Å². The van der Waals surface area contributed by atoms with Crippen LogP contribution in [0.5, 0.6) is 6.01 Å². The summed E-state index contributed by atoms with van der Waals surface area (Å²) < 4.78 is 34.7. The number of anilines is 1. The molecule has 2 aromatic heterocycles. The van der Waals surface area contributed by atoms with Crippen LogP contribution < -0.4 is 10.5 Å². The van der Waals surface area contributed by atoms with Crippen LogP contribution in [0.2, 0.25) is 0 Å². The van der Waals surface area contributed by atoms with Crippen LogP contribution in [-0.2, 0) is 6.54 Å². The van der Waals surface area contributed by atoms with Gasteiger partial charge in [0.25, 0.3) is 0 Å². The van der Waals surface area contributed by atoms with Crippen LogP contribution in [0.15, 0.2) is 28.0 Å². The Hall–Kier alpha value is -2.03. The first kappa shape index (κ1) is 15.9. The molecule has 0 bridgehead atoms. The van der Waals surface area contributed by atoms with Crippen LogP contribution in [0.25, 0.3) is 11.2 Å². The van der Waals surface area contributed by atoms with E-state index in [1.165, 1.54) is 6.08 Å². The van der Waals surface area contributed by atoms with E-state index < -0.39 is 0 Å². The Morgan fingerprint density at radius 3 is 2.83 bits per heavy atom. The SMILES string of the molecule is CCOc1nc(N)c2nc(Br)n(CC3=C(F)CCC(F)=C3)c2n1. The smallest absolute Gasteiger partial charge is 0.320 e. The van der Waals surface area contributed by atoms with Gasteiger partial charge in [0.2, 0.25) is 0 Å². The van der Waals surface area contributed by atoms with Crippen LogP contribution in [0.1, 0.15) is 19.8 Å². The van der Waals surface area contributed by atoms with Crippen molar-refractivity contribution in [2.45, 2.75) is 26.3 Å². The zero-order valence-electron chi connectivity index (χ0n) is 12.3. The first-order valence-electron chi connectivity index (χ1n) is 7.05. The molecule has 0 atom stereocenters. The van der Waals surface area contributed by atoms with Crippen LogP contribution in [-0.4, -0.2) is 26.1 Å². The first-order chi connectivity index (χ1) is 11.0. The molecule has 122 valence electrons. The van der Waals surface area contributed by atoms with Crippen LogP contribution in [0.3, 0.4) is 0 Å². The summed E-state index contributed by atoms with van der Waals surface area (Å²) in [6, 6.07) is 0.117. The monoisotopic (exact) mass is 385 g/mol. The number of ether oxygens (including phenoxy) is 1. The predicted molar refractivity (Wildman–Crippen MR) is 85.2 cm³/mol. The third-order valence-corrected chi connectivity index (χ3v) is 4.02. The first-order valence-corrected chi connectivity index (χ1v) is 7.84. The van der Waals surface area contributed by atoms with E-state index in [-0.39, 0.29) is 48.4 Å². The number of nitrogen functional groups attached to an aromatic ring is 1. The zero-order chi connectivity index (χ0) is 16.6. The summed E-state index contributed by atoms with van der Waals surface area (Å²) in [6.07, 6.45) is 1.36. The normalized spacial score (nSPS) is 15.2. The van der Waals surface area contributed by atoms with Gasteiger partial charge in [-0.25, -0.2) is 13.8 Å². The van der Waals surface area contributed by atoms with Gasteiger partial charge in [0.15, 0.2) is 21.7 Å². The molecule has 0 unspecified atom stereocenters. The fourth-order valence-electron chi connectivity index (χ4n) is 2.34. The summed E-state index contributed by atoms with van der Waals surface area (Å²) >= 11 is 3.30. The molecular formula is C14H14BrF2N5O. The second-order valence-electron chi connectivity index (χ2n) is 4.98. The van der Waals surface area contributed by atoms with E-state index in [1.807, 2.05) is 0 Å². The third kappa shape index (κ3) is 3.05. The van der Waals surface area contributed by atoms with E-state index in [1.54, 1.807) is 11.5 Å². The second-order valence-corrected chi connectivity index (χ2v) is 5.69. The molecule has 0 saturated heterocycles. The summed E-state index contributed by atoms with van der Waals surface area (Å²) in [6.45, 7) is 2.26. The highest BCUT2D eigenvalue weighted by Crippen LogP contribution is 2.30. The molecule has 0 spiro atoms. The van der Waals surface area contributed by atoms with Crippen molar-refractivity contribution in [3.8, 4) is 6.01 Å². The quantitative estimate of drug-likeness (QED) is 0.815. The average Bonchev–Trinajstić information content (AvgIpc) is 2.81. The molecule has 0 aromatic carbocycles. The zero-order valence-corrected chi connectivity index (χ0v) is 13.9. The number of imidazole rings is 1. The minimum absolute atomic E-state index is 0.0588. The van der Waals surface area contributed by atoms with Crippen molar-refractivity contribution < 1.29 is 13.5 Å². The van der Waals surface area contributed by atoms with Gasteiger partial charge in [0.1, 0.15) is 11.7 Å². The second kappa shape index (κ2) is 6.23. The van der Waals surface area contributed by atoms with Crippen molar-refractivity contribution in [2.24, 2.45) is 0 Å². The van der Waals surface area contributed by atoms with Crippen molar-refractivity contribution in [2.75, 3.05) is 12.3 Å². The lowest BCUT2D eigenvalue weighted by Crippen LogP contribution is -2.07. The van der Waals surface area contributed by atoms with Gasteiger partial charge in [-0.3, -0.25) is 4.57 Å². The number of allylic oxidation sites excluding steroid dienone is 4. The molecule has 1 aliphatic rings. The lowest BCUT2D eigenvalue weighted by atomic mass is 10.1. The Bertz CT molecular complexity index is 830. The molecule has 6 nitrogen and oxygen atoms in total. The summed E-state index contributed by atoms with van der Waals surface area (Å²) in [5, 5.41) is 0. The number of aromatic nitrogens is 4. The minimum atomic E-state index is -0.342. The van der Waals surface area contributed by atoms with E-state index in [2.05, 4.69) is 30.9 Å². The number of hydrogen-bond donors (Lipinski definition) is 1. The Labute approximate surface area is 139 Å². The number of rotatable bonds is 4. The van der Waals surface area contributed by atoms with Crippen molar-refractivity contribution in [1.29, 1.82) is 0 Å². The molecule has 0 amide bonds. The molecule has 0 saturated carbocycles. The lowest BCUT2D eigenvalue weighted by Gasteiger charge is -2.13. The van der Waals surface area contributed by atoms with E-state index in [0.29, 0.717) is 22.5 Å². The molecule has 0 aliphatic heterocycles. The topological polar surface area (TPSA) is 78.9 Å². The number of halogens is 3. The van der Waals surface area contributed by atoms with Gasteiger partial charge in [-0.2, -0.15) is 9.97 Å². The van der Waals surface area contributed by atoms with Crippen molar-refractivity contribution >= 4 is 32.9 Å². The number of hydrogen-bond acceptors (Lipinski definition) is 5. The van der Waals surface area contributed by atoms with Gasteiger partial charge < -0.3 is 10.5 Å². The van der Waals surface area contributed by atoms with Crippen LogP contribution in [0, 0.1) is 0 Å². The van der Waals surface area contributed by atoms with E-state index in [4.69, 9.17) is 10.5 Å². The molecule has 3 rings (SSSR count).